The molecule has 0 aromatic rings. The highest BCUT2D eigenvalue weighted by Crippen LogP contribution is 2.09. The first kappa shape index (κ1) is 23.2. The molecule has 0 aliphatic heterocycles. The van der Waals surface area contributed by atoms with E-state index in [1.54, 1.807) is 0 Å². The summed E-state index contributed by atoms with van der Waals surface area (Å²) in [7, 11) is 0. The van der Waals surface area contributed by atoms with Crippen LogP contribution >= 0.6 is 0 Å². The first-order valence-corrected chi connectivity index (χ1v) is 10.6. The standard InChI is InChI=1S/C22H42O2/c1-3-5-7-9-11-13-15-17-19-23-21-22-24-20-18-16-14-12-10-8-6-4-2/h3-20H2,1-2H3. The number of hydrogen-bond acceptors (Lipinski definition) is 2. The number of unbranched alkanes of at least 4 members (excludes halogenated alkanes) is 14. The van der Waals surface area contributed by atoms with Gasteiger partial charge in [0.05, 0.1) is 0 Å². The fourth-order valence-corrected chi connectivity index (χ4v) is 2.78. The van der Waals surface area contributed by atoms with Gasteiger partial charge in [-0.2, -0.15) is 0 Å². The molecule has 0 radical (unpaired) electrons. The lowest BCUT2D eigenvalue weighted by Gasteiger charge is -2.01. The lowest BCUT2D eigenvalue weighted by atomic mass is 10.1. The zero-order valence-corrected chi connectivity index (χ0v) is 16.5. The molecule has 0 atom stereocenters. The molecule has 0 saturated heterocycles. The van der Waals surface area contributed by atoms with Crippen LogP contribution in [0.2, 0.25) is 0 Å². The topological polar surface area (TPSA) is 18.5 Å². The third-order valence-corrected chi connectivity index (χ3v) is 4.39. The van der Waals surface area contributed by atoms with E-state index in [0.717, 1.165) is 26.1 Å². The van der Waals surface area contributed by atoms with Gasteiger partial charge < -0.3 is 9.47 Å². The van der Waals surface area contributed by atoms with Gasteiger partial charge in [-0.05, 0) is 12.8 Å². The molecule has 0 saturated carbocycles. The van der Waals surface area contributed by atoms with Crippen molar-refractivity contribution in [1.82, 2.24) is 0 Å². The monoisotopic (exact) mass is 338 g/mol. The van der Waals surface area contributed by atoms with E-state index >= 15 is 0 Å². The van der Waals surface area contributed by atoms with Crippen molar-refractivity contribution in [2.24, 2.45) is 0 Å². The molecule has 2 heteroatoms. The van der Waals surface area contributed by atoms with Crippen LogP contribution in [-0.4, -0.2) is 13.2 Å². The maximum absolute atomic E-state index is 5.28. The third-order valence-electron chi connectivity index (χ3n) is 4.39. The molecule has 0 aromatic heterocycles. The van der Waals surface area contributed by atoms with Gasteiger partial charge in [-0.3, -0.25) is 0 Å². The van der Waals surface area contributed by atoms with Crippen LogP contribution in [0.25, 0.3) is 0 Å². The molecule has 0 amide bonds. The minimum absolute atomic E-state index is 0.739. The molecule has 24 heavy (non-hydrogen) atoms. The van der Waals surface area contributed by atoms with Crippen molar-refractivity contribution < 1.29 is 9.47 Å². The summed E-state index contributed by atoms with van der Waals surface area (Å²) in [6.45, 7) is 6.00. The van der Waals surface area contributed by atoms with E-state index in [2.05, 4.69) is 26.1 Å². The van der Waals surface area contributed by atoms with Crippen molar-refractivity contribution in [3.63, 3.8) is 0 Å². The maximum atomic E-state index is 5.28. The van der Waals surface area contributed by atoms with Crippen LogP contribution in [0.5, 0.6) is 0 Å². The molecule has 0 bridgehead atoms. The Morgan fingerprint density at radius 1 is 0.417 bits per heavy atom. The first-order valence-electron chi connectivity index (χ1n) is 10.6. The van der Waals surface area contributed by atoms with Gasteiger partial charge in [0.25, 0.3) is 0 Å². The lowest BCUT2D eigenvalue weighted by Crippen LogP contribution is -1.91. The Balaban J connectivity index is 3.07. The Bertz CT molecular complexity index is 251. The Labute approximate surface area is 152 Å². The van der Waals surface area contributed by atoms with Crippen LogP contribution in [0.3, 0.4) is 0 Å². The van der Waals surface area contributed by atoms with Gasteiger partial charge in [0.15, 0.2) is 12.2 Å². The van der Waals surface area contributed by atoms with Crippen LogP contribution in [0.1, 0.15) is 117 Å². The molecule has 0 spiro atoms. The predicted molar refractivity (Wildman–Crippen MR) is 105 cm³/mol. The largest absolute Gasteiger partial charge is 0.444 e. The van der Waals surface area contributed by atoms with E-state index in [1.165, 1.54) is 89.9 Å². The quantitative estimate of drug-likeness (QED) is 0.194. The smallest absolute Gasteiger partial charge is 0.154 e. The van der Waals surface area contributed by atoms with Crippen LogP contribution in [0.15, 0.2) is 0 Å². The molecular formula is C22H42O2. The second-order valence-corrected chi connectivity index (χ2v) is 6.85. The summed E-state index contributed by atoms with van der Waals surface area (Å²) in [4.78, 5) is 0. The molecule has 0 aromatic carbocycles. The van der Waals surface area contributed by atoms with Crippen LogP contribution in [0, 0.1) is 12.2 Å². The lowest BCUT2D eigenvalue weighted by molar-refractivity contribution is 0.238. The Morgan fingerprint density at radius 3 is 1.04 bits per heavy atom. The molecule has 2 nitrogen and oxygen atoms in total. The average Bonchev–Trinajstić information content (AvgIpc) is 2.60. The van der Waals surface area contributed by atoms with E-state index < -0.39 is 0 Å². The van der Waals surface area contributed by atoms with Crippen molar-refractivity contribution in [3.8, 4) is 12.2 Å². The molecule has 0 aliphatic rings. The molecule has 142 valence electrons. The summed E-state index contributed by atoms with van der Waals surface area (Å²) < 4.78 is 10.6. The number of hydrogen-bond donors (Lipinski definition) is 0. The summed E-state index contributed by atoms with van der Waals surface area (Å²) in [5.41, 5.74) is 0. The normalized spacial score (nSPS) is 10.2. The molecule has 0 unspecified atom stereocenters. The zero-order valence-electron chi connectivity index (χ0n) is 16.5. The van der Waals surface area contributed by atoms with Gasteiger partial charge in [-0.15, -0.1) is 0 Å². The predicted octanol–water partition coefficient (Wildman–Crippen LogP) is 7.22. The van der Waals surface area contributed by atoms with Gasteiger partial charge in [-0.1, -0.05) is 104 Å². The van der Waals surface area contributed by atoms with Crippen molar-refractivity contribution in [1.29, 1.82) is 0 Å². The Morgan fingerprint density at radius 2 is 0.708 bits per heavy atom. The summed E-state index contributed by atoms with van der Waals surface area (Å²) in [6.07, 6.45) is 26.4. The molecule has 0 fully saturated rings. The Kier molecular flexibility index (Phi) is 21.4. The fraction of sp³-hybridized carbons (Fsp3) is 0.909. The van der Waals surface area contributed by atoms with Crippen molar-refractivity contribution in [2.45, 2.75) is 117 Å². The number of rotatable bonds is 18. The van der Waals surface area contributed by atoms with Gasteiger partial charge in [0, 0.05) is 0 Å². The van der Waals surface area contributed by atoms with E-state index in [0.29, 0.717) is 0 Å². The van der Waals surface area contributed by atoms with E-state index in [1.807, 2.05) is 0 Å². The van der Waals surface area contributed by atoms with Crippen LogP contribution in [0.4, 0.5) is 0 Å². The minimum Gasteiger partial charge on any atom is -0.444 e. The molecule has 0 N–H and O–H groups in total. The van der Waals surface area contributed by atoms with Gasteiger partial charge in [0.1, 0.15) is 13.2 Å². The molecule has 0 heterocycles. The van der Waals surface area contributed by atoms with Gasteiger partial charge in [0.2, 0.25) is 0 Å². The van der Waals surface area contributed by atoms with Crippen molar-refractivity contribution in [3.05, 3.63) is 0 Å². The summed E-state index contributed by atoms with van der Waals surface area (Å²) in [6, 6.07) is 0. The highest BCUT2D eigenvalue weighted by atomic mass is 16.5. The van der Waals surface area contributed by atoms with E-state index in [4.69, 9.17) is 9.47 Å². The second-order valence-electron chi connectivity index (χ2n) is 6.85. The highest BCUT2D eigenvalue weighted by Gasteiger charge is 1.92. The van der Waals surface area contributed by atoms with Crippen molar-refractivity contribution >= 4 is 0 Å². The summed E-state index contributed by atoms with van der Waals surface area (Å²) >= 11 is 0. The summed E-state index contributed by atoms with van der Waals surface area (Å²) in [5.74, 6) is 0. The first-order chi connectivity index (χ1) is 11.9. The second kappa shape index (κ2) is 22.2. The van der Waals surface area contributed by atoms with E-state index in [-0.39, 0.29) is 0 Å². The maximum Gasteiger partial charge on any atom is 0.154 e. The fourth-order valence-electron chi connectivity index (χ4n) is 2.78. The Hall–Kier alpha value is -0.840. The highest BCUT2D eigenvalue weighted by molar-refractivity contribution is 4.80. The van der Waals surface area contributed by atoms with E-state index in [9.17, 15) is 0 Å². The molecular weight excluding hydrogens is 296 g/mol. The number of ether oxygens (including phenoxy) is 2. The van der Waals surface area contributed by atoms with Crippen LogP contribution < -0.4 is 0 Å². The summed E-state index contributed by atoms with van der Waals surface area (Å²) in [5, 5.41) is 0. The van der Waals surface area contributed by atoms with Gasteiger partial charge in [-0.25, -0.2) is 0 Å². The third kappa shape index (κ3) is 21.2. The van der Waals surface area contributed by atoms with Crippen molar-refractivity contribution in [2.75, 3.05) is 13.2 Å². The zero-order chi connectivity index (χ0) is 17.6. The molecule has 0 aliphatic carbocycles. The SMILES string of the molecule is CCCCCCCCCCOC#COCCCCCCCCCC. The average molecular weight is 339 g/mol. The minimum atomic E-state index is 0.739. The van der Waals surface area contributed by atoms with Gasteiger partial charge >= 0.3 is 0 Å². The van der Waals surface area contributed by atoms with Crippen LogP contribution in [-0.2, 0) is 9.47 Å². The molecule has 0 rings (SSSR count).